The van der Waals surface area contributed by atoms with E-state index in [4.69, 9.17) is 4.74 Å². The lowest BCUT2D eigenvalue weighted by Crippen LogP contribution is -1.97. The van der Waals surface area contributed by atoms with E-state index in [-0.39, 0.29) is 0 Å². The first-order valence-corrected chi connectivity index (χ1v) is 5.68. The van der Waals surface area contributed by atoms with Crippen molar-refractivity contribution in [3.63, 3.8) is 0 Å². The van der Waals surface area contributed by atoms with Crippen molar-refractivity contribution in [2.45, 2.75) is 40.0 Å². The first kappa shape index (κ1) is 11.8. The van der Waals surface area contributed by atoms with Gasteiger partial charge in [-0.15, -0.1) is 0 Å². The number of ether oxygens (including phenoxy) is 1. The summed E-state index contributed by atoms with van der Waals surface area (Å²) in [5, 5.41) is 0. The molecule has 0 fully saturated rings. The van der Waals surface area contributed by atoms with Gasteiger partial charge in [-0.25, -0.2) is 0 Å². The molecule has 0 bridgehead atoms. The minimum Gasteiger partial charge on any atom is -0.462 e. The summed E-state index contributed by atoms with van der Waals surface area (Å²) in [5.41, 5.74) is 2.63. The lowest BCUT2D eigenvalue weighted by atomic mass is 10.1. The van der Waals surface area contributed by atoms with Crippen LogP contribution in [0.2, 0.25) is 0 Å². The van der Waals surface area contributed by atoms with E-state index in [2.05, 4.69) is 38.6 Å². The van der Waals surface area contributed by atoms with E-state index in [0.29, 0.717) is 0 Å². The van der Waals surface area contributed by atoms with E-state index in [1.54, 1.807) is 0 Å². The van der Waals surface area contributed by atoms with Gasteiger partial charge in [0.05, 0.1) is 5.76 Å². The Morgan fingerprint density at radius 2 is 1.93 bits per heavy atom. The Hall–Kier alpha value is -1.24. The molecule has 0 aromatic heterocycles. The molecule has 0 spiro atoms. The van der Waals surface area contributed by atoms with Gasteiger partial charge in [-0.3, -0.25) is 0 Å². The summed E-state index contributed by atoms with van der Waals surface area (Å²) in [5.74, 6) is 1.79. The number of benzene rings is 1. The van der Waals surface area contributed by atoms with Crippen LogP contribution >= 0.6 is 0 Å². The predicted octanol–water partition coefficient (Wildman–Crippen LogP) is 4.11. The van der Waals surface area contributed by atoms with Crippen molar-refractivity contribution in [2.75, 3.05) is 0 Å². The predicted molar refractivity (Wildman–Crippen MR) is 65.3 cm³/mol. The second-order valence-corrected chi connectivity index (χ2v) is 3.64. The molecule has 0 aliphatic rings. The maximum atomic E-state index is 5.69. The zero-order chi connectivity index (χ0) is 11.3. The lowest BCUT2D eigenvalue weighted by Gasteiger charge is -2.12. The standard InChI is InChI=1S/C14H20O/c1-5-11(4)15-14-9-8-12(6-2)10-13(14)7-3/h8-10H,4-7H2,1-3H3. The summed E-state index contributed by atoms with van der Waals surface area (Å²) >= 11 is 0. The van der Waals surface area contributed by atoms with Crippen molar-refractivity contribution in [1.82, 2.24) is 0 Å². The summed E-state index contributed by atoms with van der Waals surface area (Å²) in [4.78, 5) is 0. The van der Waals surface area contributed by atoms with Crippen LogP contribution in [0.25, 0.3) is 0 Å². The first-order chi connectivity index (χ1) is 7.21. The number of hydrogen-bond donors (Lipinski definition) is 0. The largest absolute Gasteiger partial charge is 0.462 e. The van der Waals surface area contributed by atoms with E-state index in [9.17, 15) is 0 Å². The molecular weight excluding hydrogens is 184 g/mol. The van der Waals surface area contributed by atoms with E-state index in [1.807, 2.05) is 6.92 Å². The zero-order valence-corrected chi connectivity index (χ0v) is 9.97. The molecule has 1 aromatic rings. The fourth-order valence-corrected chi connectivity index (χ4v) is 1.46. The van der Waals surface area contributed by atoms with Crippen LogP contribution < -0.4 is 4.74 Å². The van der Waals surface area contributed by atoms with Crippen LogP contribution in [0.5, 0.6) is 5.75 Å². The average Bonchev–Trinajstić information content (AvgIpc) is 2.29. The molecule has 0 heterocycles. The molecule has 0 N–H and O–H groups in total. The first-order valence-electron chi connectivity index (χ1n) is 5.68. The van der Waals surface area contributed by atoms with E-state index in [0.717, 1.165) is 30.8 Å². The van der Waals surface area contributed by atoms with E-state index in [1.165, 1.54) is 11.1 Å². The Bertz CT molecular complexity index is 339. The molecule has 0 aliphatic heterocycles. The molecule has 15 heavy (non-hydrogen) atoms. The summed E-state index contributed by atoms with van der Waals surface area (Å²) in [6.45, 7) is 10.2. The minimum absolute atomic E-state index is 0.828. The quantitative estimate of drug-likeness (QED) is 0.656. The molecule has 0 amide bonds. The third-order valence-electron chi connectivity index (χ3n) is 2.56. The highest BCUT2D eigenvalue weighted by Gasteiger charge is 2.04. The fourth-order valence-electron chi connectivity index (χ4n) is 1.46. The SMILES string of the molecule is C=C(CC)Oc1ccc(CC)cc1CC. The average molecular weight is 204 g/mol. The number of rotatable bonds is 5. The second kappa shape index (κ2) is 5.59. The van der Waals surface area contributed by atoms with E-state index < -0.39 is 0 Å². The van der Waals surface area contributed by atoms with Gasteiger partial charge in [-0.05, 0) is 30.0 Å². The maximum absolute atomic E-state index is 5.69. The van der Waals surface area contributed by atoms with E-state index >= 15 is 0 Å². The van der Waals surface area contributed by atoms with Crippen molar-refractivity contribution in [3.8, 4) is 5.75 Å². The Morgan fingerprint density at radius 1 is 1.20 bits per heavy atom. The molecule has 0 aliphatic carbocycles. The van der Waals surface area contributed by atoms with Crippen LogP contribution in [-0.2, 0) is 12.8 Å². The molecule has 0 saturated heterocycles. The van der Waals surface area contributed by atoms with Gasteiger partial charge in [0.25, 0.3) is 0 Å². The Morgan fingerprint density at radius 3 is 2.47 bits per heavy atom. The molecule has 1 heteroatoms. The van der Waals surface area contributed by atoms with Gasteiger partial charge in [0.15, 0.2) is 0 Å². The smallest absolute Gasteiger partial charge is 0.130 e. The van der Waals surface area contributed by atoms with Crippen molar-refractivity contribution < 1.29 is 4.74 Å². The molecule has 0 unspecified atom stereocenters. The highest BCUT2D eigenvalue weighted by molar-refractivity contribution is 5.38. The molecule has 0 radical (unpaired) electrons. The highest BCUT2D eigenvalue weighted by atomic mass is 16.5. The minimum atomic E-state index is 0.828. The van der Waals surface area contributed by atoms with Crippen molar-refractivity contribution in [1.29, 1.82) is 0 Å². The van der Waals surface area contributed by atoms with Gasteiger partial charge < -0.3 is 4.74 Å². The van der Waals surface area contributed by atoms with Gasteiger partial charge >= 0.3 is 0 Å². The highest BCUT2D eigenvalue weighted by Crippen LogP contribution is 2.23. The molecule has 0 saturated carbocycles. The monoisotopic (exact) mass is 204 g/mol. The van der Waals surface area contributed by atoms with Gasteiger partial charge in [0.2, 0.25) is 0 Å². The number of aryl methyl sites for hydroxylation is 2. The number of hydrogen-bond acceptors (Lipinski definition) is 1. The Kier molecular flexibility index (Phi) is 4.41. The van der Waals surface area contributed by atoms with Crippen LogP contribution in [0, 0.1) is 0 Å². The molecule has 1 nitrogen and oxygen atoms in total. The zero-order valence-electron chi connectivity index (χ0n) is 9.97. The third-order valence-corrected chi connectivity index (χ3v) is 2.56. The molecule has 0 atom stereocenters. The van der Waals surface area contributed by atoms with Gasteiger partial charge in [-0.1, -0.05) is 39.5 Å². The summed E-state index contributed by atoms with van der Waals surface area (Å²) < 4.78 is 5.69. The van der Waals surface area contributed by atoms with Gasteiger partial charge in [0.1, 0.15) is 5.75 Å². The maximum Gasteiger partial charge on any atom is 0.130 e. The summed E-state index contributed by atoms with van der Waals surface area (Å²) in [6, 6.07) is 6.40. The lowest BCUT2D eigenvalue weighted by molar-refractivity contribution is 0.408. The van der Waals surface area contributed by atoms with Crippen molar-refractivity contribution >= 4 is 0 Å². The van der Waals surface area contributed by atoms with Crippen molar-refractivity contribution in [3.05, 3.63) is 41.7 Å². The van der Waals surface area contributed by atoms with Crippen LogP contribution in [0.3, 0.4) is 0 Å². The van der Waals surface area contributed by atoms with Crippen LogP contribution in [0.1, 0.15) is 38.3 Å². The Labute approximate surface area is 92.8 Å². The fraction of sp³-hybridized carbons (Fsp3) is 0.429. The normalized spacial score (nSPS) is 10.1. The molecular formula is C14H20O. The summed E-state index contributed by atoms with van der Waals surface area (Å²) in [7, 11) is 0. The Balaban J connectivity index is 2.92. The van der Waals surface area contributed by atoms with Gasteiger partial charge in [-0.2, -0.15) is 0 Å². The molecule has 1 rings (SSSR count). The van der Waals surface area contributed by atoms with Gasteiger partial charge in [0, 0.05) is 6.42 Å². The van der Waals surface area contributed by atoms with Crippen molar-refractivity contribution in [2.24, 2.45) is 0 Å². The molecule has 1 aromatic carbocycles. The topological polar surface area (TPSA) is 9.23 Å². The molecule has 82 valence electrons. The van der Waals surface area contributed by atoms with Crippen LogP contribution in [-0.4, -0.2) is 0 Å². The summed E-state index contributed by atoms with van der Waals surface area (Å²) in [6.07, 6.45) is 2.93. The van der Waals surface area contributed by atoms with Crippen LogP contribution in [0.15, 0.2) is 30.5 Å². The third kappa shape index (κ3) is 3.12. The second-order valence-electron chi connectivity index (χ2n) is 3.64. The van der Waals surface area contributed by atoms with Crippen LogP contribution in [0.4, 0.5) is 0 Å². The number of allylic oxidation sites excluding steroid dienone is 1.